The van der Waals surface area contributed by atoms with Gasteiger partial charge >= 0.3 is 0 Å². The van der Waals surface area contributed by atoms with Crippen molar-refractivity contribution in [1.29, 1.82) is 0 Å². The lowest BCUT2D eigenvalue weighted by atomic mass is 9.60. The van der Waals surface area contributed by atoms with Gasteiger partial charge in [0.15, 0.2) is 5.96 Å². The number of rotatable bonds is 4. The van der Waals surface area contributed by atoms with Gasteiger partial charge in [-0.1, -0.05) is 22.0 Å². The van der Waals surface area contributed by atoms with Crippen LogP contribution in [0.25, 0.3) is 0 Å². The largest absolute Gasteiger partial charge is 0.381 e. The summed E-state index contributed by atoms with van der Waals surface area (Å²) in [6.07, 6.45) is 6.53. The summed E-state index contributed by atoms with van der Waals surface area (Å²) in [6.45, 7) is 0. The first kappa shape index (κ1) is 19.4. The fourth-order valence-corrected chi connectivity index (χ4v) is 5.18. The van der Waals surface area contributed by atoms with Gasteiger partial charge < -0.3 is 20.2 Å². The number of guanidine groups is 1. The van der Waals surface area contributed by atoms with Crippen LogP contribution < -0.4 is 5.73 Å². The molecule has 142 valence electrons. The summed E-state index contributed by atoms with van der Waals surface area (Å²) < 4.78 is 6.60. The Morgan fingerprint density at radius 3 is 2.69 bits per heavy atom. The Hall–Kier alpha value is -1.40. The highest BCUT2D eigenvalue weighted by Gasteiger charge is 2.58. The lowest BCUT2D eigenvalue weighted by Gasteiger charge is -2.47. The van der Waals surface area contributed by atoms with Gasteiger partial charge in [0.05, 0.1) is 6.10 Å². The molecule has 0 bridgehead atoms. The third kappa shape index (κ3) is 3.07. The standard InChI is InChI=1S/C20H28BrN3O2/c1-24(2)18(22)23-20(10-11-25)17-12-15(21)5-4-14(17)13-19(20)8-6-16(26-3)7-9-19/h4-5,11-12,16H,6-10,13H2,1-3H3,(H2,22,23). The van der Waals surface area contributed by atoms with Crippen LogP contribution in [0, 0.1) is 5.41 Å². The predicted octanol–water partition coefficient (Wildman–Crippen LogP) is 3.24. The fourth-order valence-electron chi connectivity index (χ4n) is 4.82. The van der Waals surface area contributed by atoms with E-state index in [-0.39, 0.29) is 5.41 Å². The van der Waals surface area contributed by atoms with E-state index in [9.17, 15) is 4.79 Å². The topological polar surface area (TPSA) is 67.9 Å². The minimum absolute atomic E-state index is 0.0906. The van der Waals surface area contributed by atoms with Gasteiger partial charge in [-0.15, -0.1) is 0 Å². The molecule has 0 saturated heterocycles. The number of fused-ring (bicyclic) bond motifs is 1. The molecule has 1 aromatic rings. The zero-order chi connectivity index (χ0) is 18.9. The van der Waals surface area contributed by atoms with Crippen LogP contribution in [-0.2, 0) is 21.5 Å². The van der Waals surface area contributed by atoms with Crippen molar-refractivity contribution in [1.82, 2.24) is 4.90 Å². The first-order valence-electron chi connectivity index (χ1n) is 9.15. The summed E-state index contributed by atoms with van der Waals surface area (Å²) in [6, 6.07) is 6.36. The van der Waals surface area contributed by atoms with Gasteiger partial charge in [0.25, 0.3) is 0 Å². The molecule has 2 N–H and O–H groups in total. The maximum atomic E-state index is 11.8. The number of carbonyl (C=O) groups is 1. The number of halogens is 1. The van der Waals surface area contributed by atoms with Crippen LogP contribution in [0.15, 0.2) is 27.7 Å². The molecule has 1 saturated carbocycles. The molecule has 1 unspecified atom stereocenters. The fraction of sp³-hybridized carbons (Fsp3) is 0.600. The molecule has 1 spiro atoms. The quantitative estimate of drug-likeness (QED) is 0.460. The number of aldehydes is 1. The predicted molar refractivity (Wildman–Crippen MR) is 107 cm³/mol. The van der Waals surface area contributed by atoms with E-state index in [1.165, 1.54) is 5.56 Å². The normalized spacial score (nSPS) is 31.1. The Kier molecular flexibility index (Phi) is 5.45. The van der Waals surface area contributed by atoms with E-state index in [1.54, 1.807) is 7.11 Å². The van der Waals surface area contributed by atoms with Crippen LogP contribution in [0.3, 0.4) is 0 Å². The third-order valence-electron chi connectivity index (χ3n) is 6.29. The van der Waals surface area contributed by atoms with E-state index >= 15 is 0 Å². The number of methoxy groups -OCH3 is 1. The minimum Gasteiger partial charge on any atom is -0.381 e. The molecule has 5 nitrogen and oxygen atoms in total. The van der Waals surface area contributed by atoms with Crippen molar-refractivity contribution in [3.8, 4) is 0 Å². The van der Waals surface area contributed by atoms with Crippen LogP contribution >= 0.6 is 15.9 Å². The number of carbonyl (C=O) groups excluding carboxylic acids is 1. The SMILES string of the molecule is COC1CCC2(CC1)Cc1ccc(Br)cc1C2(CC=O)N=C(N)N(C)C. The zero-order valence-electron chi connectivity index (χ0n) is 15.8. The van der Waals surface area contributed by atoms with E-state index in [0.29, 0.717) is 18.5 Å². The van der Waals surface area contributed by atoms with Gasteiger partial charge in [-0.25, -0.2) is 4.99 Å². The summed E-state index contributed by atoms with van der Waals surface area (Å²) in [4.78, 5) is 18.6. The number of nitrogens with two attached hydrogens (primary N) is 1. The number of aliphatic imine (C=N–C) groups is 1. The Morgan fingerprint density at radius 2 is 2.12 bits per heavy atom. The van der Waals surface area contributed by atoms with Crippen LogP contribution in [0.5, 0.6) is 0 Å². The number of ether oxygens (including phenoxy) is 1. The Balaban J connectivity index is 2.18. The lowest BCUT2D eigenvalue weighted by molar-refractivity contribution is -0.110. The second-order valence-corrected chi connectivity index (χ2v) is 8.70. The zero-order valence-corrected chi connectivity index (χ0v) is 17.4. The highest BCUT2D eigenvalue weighted by Crippen LogP contribution is 2.61. The number of hydrogen-bond acceptors (Lipinski definition) is 3. The average molecular weight is 422 g/mol. The molecule has 1 atom stereocenters. The van der Waals surface area contributed by atoms with Crippen molar-refractivity contribution in [2.75, 3.05) is 21.2 Å². The van der Waals surface area contributed by atoms with E-state index in [4.69, 9.17) is 15.5 Å². The molecular formula is C20H28BrN3O2. The molecule has 0 radical (unpaired) electrons. The number of nitrogens with zero attached hydrogens (tertiary/aromatic N) is 2. The van der Waals surface area contributed by atoms with Crippen LogP contribution in [0.1, 0.15) is 43.2 Å². The van der Waals surface area contributed by atoms with E-state index in [0.717, 1.165) is 48.4 Å². The van der Waals surface area contributed by atoms with Crippen molar-refractivity contribution >= 4 is 28.2 Å². The molecule has 0 amide bonds. The highest BCUT2D eigenvalue weighted by molar-refractivity contribution is 9.10. The molecule has 0 aromatic heterocycles. The molecule has 2 aliphatic carbocycles. The van der Waals surface area contributed by atoms with Crippen LogP contribution in [-0.4, -0.2) is 44.5 Å². The smallest absolute Gasteiger partial charge is 0.191 e. The van der Waals surface area contributed by atoms with Gasteiger partial charge in [-0.2, -0.15) is 0 Å². The maximum Gasteiger partial charge on any atom is 0.191 e. The van der Waals surface area contributed by atoms with Gasteiger partial charge in [0.1, 0.15) is 11.8 Å². The molecule has 1 aromatic carbocycles. The van der Waals surface area contributed by atoms with Gasteiger partial charge in [-0.05, 0) is 55.4 Å². The third-order valence-corrected chi connectivity index (χ3v) is 6.78. The number of hydrogen-bond donors (Lipinski definition) is 1. The lowest BCUT2D eigenvalue weighted by Crippen LogP contribution is -2.47. The molecule has 6 heteroatoms. The first-order chi connectivity index (χ1) is 12.4. The summed E-state index contributed by atoms with van der Waals surface area (Å²) in [5, 5.41) is 0. The van der Waals surface area contributed by atoms with Crippen LogP contribution in [0.2, 0.25) is 0 Å². The molecule has 0 heterocycles. The maximum absolute atomic E-state index is 11.8. The van der Waals surface area contributed by atoms with Crippen molar-refractivity contribution in [3.63, 3.8) is 0 Å². The molecule has 1 fully saturated rings. The molecule has 2 aliphatic rings. The van der Waals surface area contributed by atoms with Gasteiger partial charge in [-0.3, -0.25) is 0 Å². The first-order valence-corrected chi connectivity index (χ1v) is 9.95. The Bertz CT molecular complexity index is 711. The molecule has 0 aliphatic heterocycles. The monoisotopic (exact) mass is 421 g/mol. The van der Waals surface area contributed by atoms with Crippen LogP contribution in [0.4, 0.5) is 0 Å². The van der Waals surface area contributed by atoms with E-state index in [2.05, 4.69) is 34.1 Å². The van der Waals surface area contributed by atoms with Gasteiger partial charge in [0, 0.05) is 37.5 Å². The van der Waals surface area contributed by atoms with Crippen molar-refractivity contribution in [2.24, 2.45) is 16.1 Å². The molecular weight excluding hydrogens is 394 g/mol. The minimum atomic E-state index is -0.610. The second kappa shape index (κ2) is 7.31. The summed E-state index contributed by atoms with van der Waals surface area (Å²) in [5.74, 6) is 0.466. The molecule has 26 heavy (non-hydrogen) atoms. The average Bonchev–Trinajstić information content (AvgIpc) is 2.85. The highest BCUT2D eigenvalue weighted by atomic mass is 79.9. The summed E-state index contributed by atoms with van der Waals surface area (Å²) >= 11 is 3.60. The Morgan fingerprint density at radius 1 is 1.42 bits per heavy atom. The van der Waals surface area contributed by atoms with Crippen molar-refractivity contribution < 1.29 is 9.53 Å². The van der Waals surface area contributed by atoms with Crippen molar-refractivity contribution in [2.45, 2.75) is 50.2 Å². The second-order valence-electron chi connectivity index (χ2n) is 7.79. The Labute approximate surface area is 164 Å². The molecule has 3 rings (SSSR count). The summed E-state index contributed by atoms with van der Waals surface area (Å²) in [5.41, 5.74) is 7.99. The van der Waals surface area contributed by atoms with E-state index in [1.807, 2.05) is 19.0 Å². The van der Waals surface area contributed by atoms with Gasteiger partial charge in [0.2, 0.25) is 0 Å². The number of benzene rings is 1. The summed E-state index contributed by atoms with van der Waals surface area (Å²) in [7, 11) is 5.56. The van der Waals surface area contributed by atoms with Crippen molar-refractivity contribution in [3.05, 3.63) is 33.8 Å². The van der Waals surface area contributed by atoms with E-state index < -0.39 is 5.54 Å².